The molecule has 0 aliphatic carbocycles. The highest BCUT2D eigenvalue weighted by molar-refractivity contribution is 5.97. The number of pyridine rings is 1. The van der Waals surface area contributed by atoms with Crippen LogP contribution in [-0.4, -0.2) is 14.5 Å². The van der Waals surface area contributed by atoms with Crippen molar-refractivity contribution in [3.05, 3.63) is 48.3 Å². The second-order valence-corrected chi connectivity index (χ2v) is 4.13. The summed E-state index contributed by atoms with van der Waals surface area (Å²) in [5, 5.41) is 19.8. The van der Waals surface area contributed by atoms with E-state index in [1.54, 1.807) is 29.1 Å². The lowest BCUT2D eigenvalue weighted by Gasteiger charge is -2.09. The molecule has 0 unspecified atom stereocenters. The predicted molar refractivity (Wildman–Crippen MR) is 72.7 cm³/mol. The van der Waals surface area contributed by atoms with Crippen molar-refractivity contribution in [2.24, 2.45) is 0 Å². The smallest absolute Gasteiger partial charge is 0.177 e. The molecule has 3 aromatic rings. The zero-order chi connectivity index (χ0) is 14.1. The summed E-state index contributed by atoms with van der Waals surface area (Å²) in [4.78, 5) is 8.02. The topological polar surface area (TPSA) is 104 Å². The van der Waals surface area contributed by atoms with Crippen LogP contribution in [0.2, 0.25) is 0 Å². The van der Waals surface area contributed by atoms with E-state index in [-0.39, 0.29) is 11.4 Å². The minimum atomic E-state index is 0.0985. The van der Waals surface area contributed by atoms with Crippen LogP contribution in [0.1, 0.15) is 11.4 Å². The summed E-state index contributed by atoms with van der Waals surface area (Å²) in [5.74, 6) is 0. The maximum absolute atomic E-state index is 9.20. The fourth-order valence-corrected chi connectivity index (χ4v) is 2.13. The van der Waals surface area contributed by atoms with E-state index >= 15 is 0 Å². The molecule has 0 aliphatic rings. The summed E-state index contributed by atoms with van der Waals surface area (Å²) in [5.41, 5.74) is 7.58. The van der Waals surface area contributed by atoms with Crippen molar-refractivity contribution in [2.45, 2.75) is 0 Å². The molecule has 6 nitrogen and oxygen atoms in total. The van der Waals surface area contributed by atoms with Crippen molar-refractivity contribution in [1.82, 2.24) is 14.5 Å². The Balaban J connectivity index is 2.38. The van der Waals surface area contributed by atoms with Crippen LogP contribution in [0.3, 0.4) is 0 Å². The molecular weight excluding hydrogens is 252 g/mol. The van der Waals surface area contributed by atoms with Crippen LogP contribution < -0.4 is 5.73 Å². The van der Waals surface area contributed by atoms with Gasteiger partial charge in [-0.3, -0.25) is 9.55 Å². The second-order valence-electron chi connectivity index (χ2n) is 4.13. The van der Waals surface area contributed by atoms with Gasteiger partial charge in [-0.2, -0.15) is 10.5 Å². The molecule has 0 fully saturated rings. The normalized spacial score (nSPS) is 10.1. The average Bonchev–Trinajstić information content (AvgIpc) is 2.90. The molecule has 20 heavy (non-hydrogen) atoms. The first-order valence-electron chi connectivity index (χ1n) is 5.76. The molecule has 6 heteroatoms. The van der Waals surface area contributed by atoms with E-state index in [1.807, 2.05) is 18.2 Å². The van der Waals surface area contributed by atoms with Gasteiger partial charge < -0.3 is 5.73 Å². The van der Waals surface area contributed by atoms with Gasteiger partial charge >= 0.3 is 0 Å². The van der Waals surface area contributed by atoms with Crippen molar-refractivity contribution in [3.63, 3.8) is 0 Å². The van der Waals surface area contributed by atoms with E-state index in [0.29, 0.717) is 11.4 Å². The van der Waals surface area contributed by atoms with E-state index in [0.717, 1.165) is 10.8 Å². The lowest BCUT2D eigenvalue weighted by Crippen LogP contribution is -1.99. The Morgan fingerprint density at radius 1 is 1.10 bits per heavy atom. The van der Waals surface area contributed by atoms with Gasteiger partial charge in [-0.05, 0) is 18.2 Å². The van der Waals surface area contributed by atoms with E-state index in [9.17, 15) is 5.26 Å². The number of nitrogens with two attached hydrogens (primary N) is 1. The van der Waals surface area contributed by atoms with Crippen molar-refractivity contribution < 1.29 is 0 Å². The zero-order valence-corrected chi connectivity index (χ0v) is 10.3. The molecule has 2 N–H and O–H groups in total. The van der Waals surface area contributed by atoms with Crippen LogP contribution in [0.5, 0.6) is 0 Å². The number of hydrogen-bond donors (Lipinski definition) is 1. The summed E-state index contributed by atoms with van der Waals surface area (Å²) in [6, 6.07) is 9.24. The number of nitriles is 2. The van der Waals surface area contributed by atoms with E-state index < -0.39 is 0 Å². The van der Waals surface area contributed by atoms with Crippen LogP contribution in [0, 0.1) is 22.7 Å². The molecule has 2 aromatic heterocycles. The van der Waals surface area contributed by atoms with Crippen molar-refractivity contribution in [1.29, 1.82) is 10.5 Å². The van der Waals surface area contributed by atoms with Gasteiger partial charge in [0.25, 0.3) is 0 Å². The molecular formula is C14H8N6. The Morgan fingerprint density at radius 3 is 2.70 bits per heavy atom. The lowest BCUT2D eigenvalue weighted by molar-refractivity contribution is 1.04. The van der Waals surface area contributed by atoms with E-state index in [1.165, 1.54) is 6.33 Å². The highest BCUT2D eigenvalue weighted by Crippen LogP contribution is 2.27. The second kappa shape index (κ2) is 4.38. The molecule has 0 amide bonds. The standard InChI is InChI=1S/C14H8N6/c15-5-12-14(6-16)20(8-19-12)13-2-1-11(17)9-3-4-18-7-10(9)13/h1-4,7-8H,17H2. The van der Waals surface area contributed by atoms with Crippen LogP contribution in [0.15, 0.2) is 36.9 Å². The van der Waals surface area contributed by atoms with Gasteiger partial charge in [-0.1, -0.05) is 0 Å². The average molecular weight is 260 g/mol. The summed E-state index contributed by atoms with van der Waals surface area (Å²) in [6.45, 7) is 0. The molecule has 0 saturated carbocycles. The molecule has 1 aromatic carbocycles. The SMILES string of the molecule is N#Cc1ncn(-c2ccc(N)c3ccncc23)c1C#N. The number of anilines is 1. The number of nitrogen functional groups attached to an aromatic ring is 1. The fraction of sp³-hybridized carbons (Fsp3) is 0. The Kier molecular flexibility index (Phi) is 2.56. The van der Waals surface area contributed by atoms with E-state index in [2.05, 4.69) is 9.97 Å². The first-order valence-corrected chi connectivity index (χ1v) is 5.76. The Labute approximate surface area is 114 Å². The summed E-state index contributed by atoms with van der Waals surface area (Å²) < 4.78 is 1.57. The number of imidazole rings is 1. The third-order valence-corrected chi connectivity index (χ3v) is 3.07. The monoisotopic (exact) mass is 260 g/mol. The summed E-state index contributed by atoms with van der Waals surface area (Å²) in [7, 11) is 0. The zero-order valence-electron chi connectivity index (χ0n) is 10.3. The third-order valence-electron chi connectivity index (χ3n) is 3.07. The number of fused-ring (bicyclic) bond motifs is 1. The molecule has 2 heterocycles. The van der Waals surface area contributed by atoms with Crippen molar-refractivity contribution in [2.75, 3.05) is 5.73 Å². The van der Waals surface area contributed by atoms with Crippen LogP contribution in [0.25, 0.3) is 16.5 Å². The predicted octanol–water partition coefficient (Wildman–Crippen LogP) is 1.75. The first-order chi connectivity index (χ1) is 9.76. The van der Waals surface area contributed by atoms with Gasteiger partial charge in [0, 0.05) is 28.9 Å². The number of aromatic nitrogens is 3. The molecule has 0 saturated heterocycles. The third kappa shape index (κ3) is 1.57. The highest BCUT2D eigenvalue weighted by atomic mass is 15.1. The van der Waals surface area contributed by atoms with Crippen molar-refractivity contribution >= 4 is 16.5 Å². The summed E-state index contributed by atoms with van der Waals surface area (Å²) in [6.07, 6.45) is 4.78. The van der Waals surface area contributed by atoms with Gasteiger partial charge in [0.05, 0.1) is 5.69 Å². The molecule has 0 bridgehead atoms. The Bertz CT molecular complexity index is 894. The van der Waals surface area contributed by atoms with Gasteiger partial charge in [-0.15, -0.1) is 0 Å². The minimum absolute atomic E-state index is 0.0985. The molecule has 0 spiro atoms. The van der Waals surface area contributed by atoms with Gasteiger partial charge in [0.15, 0.2) is 11.4 Å². The molecule has 94 valence electrons. The molecule has 0 aliphatic heterocycles. The van der Waals surface area contributed by atoms with Crippen molar-refractivity contribution in [3.8, 4) is 17.8 Å². The lowest BCUT2D eigenvalue weighted by atomic mass is 10.1. The van der Waals surface area contributed by atoms with E-state index in [4.69, 9.17) is 11.0 Å². The summed E-state index contributed by atoms with van der Waals surface area (Å²) >= 11 is 0. The number of nitrogens with zero attached hydrogens (tertiary/aromatic N) is 5. The Hall–Kier alpha value is -3.38. The highest BCUT2D eigenvalue weighted by Gasteiger charge is 2.14. The largest absolute Gasteiger partial charge is 0.398 e. The van der Waals surface area contributed by atoms with Gasteiger partial charge in [0.2, 0.25) is 0 Å². The minimum Gasteiger partial charge on any atom is -0.398 e. The molecule has 0 radical (unpaired) electrons. The maximum Gasteiger partial charge on any atom is 0.177 e. The quantitative estimate of drug-likeness (QED) is 0.671. The van der Waals surface area contributed by atoms with Crippen LogP contribution in [-0.2, 0) is 0 Å². The first kappa shape index (κ1) is 11.7. The molecule has 0 atom stereocenters. The van der Waals surface area contributed by atoms with Gasteiger partial charge in [0.1, 0.15) is 18.5 Å². The van der Waals surface area contributed by atoms with Gasteiger partial charge in [-0.25, -0.2) is 4.98 Å². The molecule has 3 rings (SSSR count). The maximum atomic E-state index is 9.20. The number of rotatable bonds is 1. The van der Waals surface area contributed by atoms with Crippen LogP contribution >= 0.6 is 0 Å². The Morgan fingerprint density at radius 2 is 1.95 bits per heavy atom. The number of benzene rings is 1. The number of hydrogen-bond acceptors (Lipinski definition) is 5. The fourth-order valence-electron chi connectivity index (χ4n) is 2.13. The van der Waals surface area contributed by atoms with Crippen LogP contribution in [0.4, 0.5) is 5.69 Å².